The Bertz CT molecular complexity index is 624. The molecule has 1 fully saturated rings. The number of nitrogens with zero attached hydrogens (tertiary/aromatic N) is 1. The Balaban J connectivity index is 1.57. The standard InChI is InChI=1S/C18H21FN2O2/c19-14-6-8-15(9-7-14)21-17(22)12-16(18(21)23)20-11-10-13-4-2-1-3-5-13/h4,6-9,16,20H,1-3,5,10-12H2. The fourth-order valence-corrected chi connectivity index (χ4v) is 3.19. The second-order valence-electron chi connectivity index (χ2n) is 6.11. The van der Waals surface area contributed by atoms with Crippen molar-refractivity contribution in [2.75, 3.05) is 11.4 Å². The zero-order valence-electron chi connectivity index (χ0n) is 13.1. The molecule has 122 valence electrons. The second kappa shape index (κ2) is 7.04. The van der Waals surface area contributed by atoms with Gasteiger partial charge in [0.15, 0.2) is 0 Å². The Morgan fingerprint density at radius 2 is 1.96 bits per heavy atom. The summed E-state index contributed by atoms with van der Waals surface area (Å²) in [7, 11) is 0. The highest BCUT2D eigenvalue weighted by atomic mass is 19.1. The molecule has 1 N–H and O–H groups in total. The second-order valence-corrected chi connectivity index (χ2v) is 6.11. The van der Waals surface area contributed by atoms with Crippen molar-refractivity contribution in [3.63, 3.8) is 0 Å². The predicted octanol–water partition coefficient (Wildman–Crippen LogP) is 2.94. The van der Waals surface area contributed by atoms with Crippen LogP contribution < -0.4 is 10.2 Å². The fraction of sp³-hybridized carbons (Fsp3) is 0.444. The van der Waals surface area contributed by atoms with Crippen LogP contribution in [0.15, 0.2) is 35.9 Å². The third-order valence-electron chi connectivity index (χ3n) is 4.45. The Morgan fingerprint density at radius 1 is 1.17 bits per heavy atom. The molecule has 3 rings (SSSR count). The van der Waals surface area contributed by atoms with Crippen LogP contribution in [0.4, 0.5) is 10.1 Å². The van der Waals surface area contributed by atoms with Gasteiger partial charge in [0.2, 0.25) is 5.91 Å². The highest BCUT2D eigenvalue weighted by Gasteiger charge is 2.39. The molecule has 1 heterocycles. The zero-order chi connectivity index (χ0) is 16.2. The number of hydrogen-bond donors (Lipinski definition) is 1. The van der Waals surface area contributed by atoms with Crippen LogP contribution >= 0.6 is 0 Å². The molecule has 23 heavy (non-hydrogen) atoms. The van der Waals surface area contributed by atoms with Gasteiger partial charge < -0.3 is 5.32 Å². The first kappa shape index (κ1) is 15.9. The Morgan fingerprint density at radius 3 is 2.65 bits per heavy atom. The Labute approximate surface area is 135 Å². The molecule has 0 saturated carbocycles. The molecule has 2 amide bonds. The average Bonchev–Trinajstić information content (AvgIpc) is 2.84. The number of carbonyl (C=O) groups excluding carboxylic acids is 2. The van der Waals surface area contributed by atoms with Gasteiger partial charge in [-0.1, -0.05) is 11.6 Å². The molecule has 1 aromatic carbocycles. The number of amides is 2. The number of anilines is 1. The van der Waals surface area contributed by atoms with Crippen LogP contribution in [0.25, 0.3) is 0 Å². The normalized spacial score (nSPS) is 21.7. The van der Waals surface area contributed by atoms with Gasteiger partial charge in [-0.2, -0.15) is 0 Å². The van der Waals surface area contributed by atoms with Crippen LogP contribution in [-0.4, -0.2) is 24.4 Å². The molecular weight excluding hydrogens is 295 g/mol. The van der Waals surface area contributed by atoms with Crippen molar-refractivity contribution in [2.45, 2.75) is 44.6 Å². The minimum atomic E-state index is -0.475. The van der Waals surface area contributed by atoms with E-state index in [-0.39, 0.29) is 24.1 Å². The summed E-state index contributed by atoms with van der Waals surface area (Å²) in [5.41, 5.74) is 1.87. The summed E-state index contributed by atoms with van der Waals surface area (Å²) in [4.78, 5) is 25.7. The summed E-state index contributed by atoms with van der Waals surface area (Å²) in [5.74, 6) is -0.876. The summed E-state index contributed by atoms with van der Waals surface area (Å²) in [5, 5.41) is 3.19. The van der Waals surface area contributed by atoms with Crippen LogP contribution in [0.5, 0.6) is 0 Å². The lowest BCUT2D eigenvalue weighted by molar-refractivity contribution is -0.121. The molecule has 1 atom stereocenters. The van der Waals surface area contributed by atoms with E-state index in [1.165, 1.54) is 42.7 Å². The van der Waals surface area contributed by atoms with Crippen LogP contribution in [-0.2, 0) is 9.59 Å². The van der Waals surface area contributed by atoms with E-state index in [0.29, 0.717) is 12.2 Å². The van der Waals surface area contributed by atoms with Gasteiger partial charge in [-0.3, -0.25) is 9.59 Å². The average molecular weight is 316 g/mol. The van der Waals surface area contributed by atoms with Crippen molar-refractivity contribution in [3.8, 4) is 0 Å². The van der Waals surface area contributed by atoms with E-state index < -0.39 is 6.04 Å². The lowest BCUT2D eigenvalue weighted by atomic mass is 9.97. The van der Waals surface area contributed by atoms with Gasteiger partial charge in [0, 0.05) is 0 Å². The molecule has 0 radical (unpaired) electrons. The molecule has 1 aliphatic carbocycles. The molecule has 1 aromatic rings. The molecule has 0 bridgehead atoms. The Kier molecular flexibility index (Phi) is 4.86. The first-order chi connectivity index (χ1) is 11.1. The highest BCUT2D eigenvalue weighted by molar-refractivity contribution is 6.22. The maximum atomic E-state index is 13.0. The van der Waals surface area contributed by atoms with Crippen LogP contribution in [0, 0.1) is 5.82 Å². The van der Waals surface area contributed by atoms with Crippen molar-refractivity contribution >= 4 is 17.5 Å². The monoisotopic (exact) mass is 316 g/mol. The number of carbonyl (C=O) groups is 2. The Hall–Kier alpha value is -2.01. The summed E-state index contributed by atoms with van der Waals surface area (Å²) >= 11 is 0. The van der Waals surface area contributed by atoms with Gasteiger partial charge in [-0.25, -0.2) is 9.29 Å². The minimum absolute atomic E-state index is 0.162. The van der Waals surface area contributed by atoms with Crippen molar-refractivity contribution in [3.05, 3.63) is 41.7 Å². The van der Waals surface area contributed by atoms with Crippen molar-refractivity contribution in [1.82, 2.24) is 5.32 Å². The van der Waals surface area contributed by atoms with E-state index in [1.54, 1.807) is 0 Å². The van der Waals surface area contributed by atoms with Crippen LogP contribution in [0.1, 0.15) is 38.5 Å². The topological polar surface area (TPSA) is 49.4 Å². The third kappa shape index (κ3) is 3.67. The number of halogens is 1. The van der Waals surface area contributed by atoms with Gasteiger partial charge in [-0.05, 0) is 62.9 Å². The molecule has 4 nitrogen and oxygen atoms in total. The van der Waals surface area contributed by atoms with E-state index in [9.17, 15) is 14.0 Å². The number of benzene rings is 1. The van der Waals surface area contributed by atoms with Crippen molar-refractivity contribution < 1.29 is 14.0 Å². The number of hydrogen-bond acceptors (Lipinski definition) is 3. The van der Waals surface area contributed by atoms with E-state index in [1.807, 2.05) is 0 Å². The number of rotatable bonds is 5. The van der Waals surface area contributed by atoms with Gasteiger partial charge >= 0.3 is 0 Å². The minimum Gasteiger partial charge on any atom is -0.305 e. The molecule has 1 aliphatic heterocycles. The molecule has 0 spiro atoms. The van der Waals surface area contributed by atoms with Crippen LogP contribution in [0.2, 0.25) is 0 Å². The quantitative estimate of drug-likeness (QED) is 0.671. The van der Waals surface area contributed by atoms with E-state index >= 15 is 0 Å². The van der Waals surface area contributed by atoms with Crippen molar-refractivity contribution in [1.29, 1.82) is 0 Å². The summed E-state index contributed by atoms with van der Waals surface area (Å²) < 4.78 is 13.0. The van der Waals surface area contributed by atoms with Gasteiger partial charge in [-0.15, -0.1) is 0 Å². The number of allylic oxidation sites excluding steroid dienone is 1. The smallest absolute Gasteiger partial charge is 0.251 e. The van der Waals surface area contributed by atoms with Gasteiger partial charge in [0.05, 0.1) is 18.2 Å². The van der Waals surface area contributed by atoms with Gasteiger partial charge in [0.25, 0.3) is 5.91 Å². The zero-order valence-corrected chi connectivity index (χ0v) is 13.1. The molecular formula is C18H21FN2O2. The summed E-state index contributed by atoms with van der Waals surface area (Å²) in [6.07, 6.45) is 8.17. The SMILES string of the molecule is O=C1CC(NCCC2=CCCCC2)C(=O)N1c1ccc(F)cc1. The maximum absolute atomic E-state index is 13.0. The lowest BCUT2D eigenvalue weighted by Gasteiger charge is -2.16. The molecule has 5 heteroatoms. The largest absolute Gasteiger partial charge is 0.305 e. The van der Waals surface area contributed by atoms with E-state index in [0.717, 1.165) is 24.2 Å². The van der Waals surface area contributed by atoms with Gasteiger partial charge in [0.1, 0.15) is 5.82 Å². The number of imide groups is 1. The van der Waals surface area contributed by atoms with E-state index in [2.05, 4.69) is 11.4 Å². The molecule has 0 aromatic heterocycles. The predicted molar refractivity (Wildman–Crippen MR) is 86.5 cm³/mol. The molecule has 1 unspecified atom stereocenters. The van der Waals surface area contributed by atoms with E-state index in [4.69, 9.17) is 0 Å². The number of nitrogens with one attached hydrogen (secondary N) is 1. The summed E-state index contributed by atoms with van der Waals surface area (Å²) in [6, 6.07) is 4.95. The third-order valence-corrected chi connectivity index (χ3v) is 4.45. The highest BCUT2D eigenvalue weighted by Crippen LogP contribution is 2.24. The molecule has 1 saturated heterocycles. The first-order valence-corrected chi connectivity index (χ1v) is 8.19. The van der Waals surface area contributed by atoms with Crippen LogP contribution in [0.3, 0.4) is 0 Å². The lowest BCUT2D eigenvalue weighted by Crippen LogP contribution is -2.39. The fourth-order valence-electron chi connectivity index (χ4n) is 3.19. The molecule has 2 aliphatic rings. The van der Waals surface area contributed by atoms with Crippen molar-refractivity contribution in [2.24, 2.45) is 0 Å². The summed E-state index contributed by atoms with van der Waals surface area (Å²) in [6.45, 7) is 0.701. The first-order valence-electron chi connectivity index (χ1n) is 8.19. The maximum Gasteiger partial charge on any atom is 0.251 e.